The van der Waals surface area contributed by atoms with Gasteiger partial charge in [-0.1, -0.05) is 36.4 Å². The number of ether oxygens (including phenoxy) is 1. The highest BCUT2D eigenvalue weighted by atomic mass is 16.5. The number of methoxy groups -OCH3 is 1. The Labute approximate surface area is 150 Å². The molecule has 0 radical (unpaired) electrons. The van der Waals surface area contributed by atoms with Crippen LogP contribution in [0.15, 0.2) is 48.5 Å². The Kier molecular flexibility index (Phi) is 5.71. The third kappa shape index (κ3) is 4.40. The van der Waals surface area contributed by atoms with Gasteiger partial charge in [0.15, 0.2) is 0 Å². The number of carbonyl (C=O) groups excluding carboxylic acids is 1. The molecule has 0 aromatic heterocycles. The van der Waals surface area contributed by atoms with Gasteiger partial charge in [0, 0.05) is 38.3 Å². The van der Waals surface area contributed by atoms with Gasteiger partial charge in [0.05, 0.1) is 7.11 Å². The van der Waals surface area contributed by atoms with Crippen LogP contribution in [0.2, 0.25) is 0 Å². The number of hydrogen-bond donors (Lipinski definition) is 0. The van der Waals surface area contributed by atoms with Gasteiger partial charge >= 0.3 is 0 Å². The highest BCUT2D eigenvalue weighted by Crippen LogP contribution is 2.20. The van der Waals surface area contributed by atoms with Gasteiger partial charge in [-0.05, 0) is 36.6 Å². The Morgan fingerprint density at radius 3 is 2.60 bits per heavy atom. The molecule has 1 aliphatic heterocycles. The molecule has 1 saturated heterocycles. The van der Waals surface area contributed by atoms with E-state index in [-0.39, 0.29) is 5.91 Å². The number of benzene rings is 2. The summed E-state index contributed by atoms with van der Waals surface area (Å²) in [7, 11) is 1.64. The molecule has 3 rings (SSSR count). The minimum Gasteiger partial charge on any atom is -0.496 e. The number of carbonyl (C=O) groups is 1. The molecule has 1 aliphatic rings. The third-order valence-corrected chi connectivity index (χ3v) is 4.78. The van der Waals surface area contributed by atoms with Gasteiger partial charge in [0.2, 0.25) is 0 Å². The van der Waals surface area contributed by atoms with Gasteiger partial charge < -0.3 is 9.64 Å². The topological polar surface area (TPSA) is 32.8 Å². The molecule has 0 bridgehead atoms. The maximum absolute atomic E-state index is 12.8. The first kappa shape index (κ1) is 17.5. The van der Waals surface area contributed by atoms with E-state index in [2.05, 4.69) is 29.2 Å². The fourth-order valence-electron chi connectivity index (χ4n) is 3.31. The molecule has 0 aliphatic carbocycles. The molecule has 4 nitrogen and oxygen atoms in total. The minimum atomic E-state index is 0.0971. The number of rotatable bonds is 4. The van der Waals surface area contributed by atoms with E-state index in [0.29, 0.717) is 5.56 Å². The van der Waals surface area contributed by atoms with Crippen molar-refractivity contribution in [2.45, 2.75) is 19.9 Å². The van der Waals surface area contributed by atoms with Crippen molar-refractivity contribution >= 4 is 5.91 Å². The molecule has 0 unspecified atom stereocenters. The molecule has 2 aromatic carbocycles. The van der Waals surface area contributed by atoms with Crippen LogP contribution in [-0.2, 0) is 6.54 Å². The van der Waals surface area contributed by atoms with Crippen LogP contribution in [0.4, 0.5) is 0 Å². The van der Waals surface area contributed by atoms with E-state index < -0.39 is 0 Å². The first-order valence-electron chi connectivity index (χ1n) is 8.87. The highest BCUT2D eigenvalue weighted by molar-refractivity contribution is 5.94. The second kappa shape index (κ2) is 8.17. The van der Waals surface area contributed by atoms with Crippen molar-refractivity contribution in [1.29, 1.82) is 0 Å². The van der Waals surface area contributed by atoms with Crippen LogP contribution in [-0.4, -0.2) is 49.0 Å². The molecule has 1 amide bonds. The SMILES string of the molecule is COc1cc(C(=O)N2CCCN(Cc3ccccc3)CC2)ccc1C. The summed E-state index contributed by atoms with van der Waals surface area (Å²) in [5.41, 5.74) is 3.08. The van der Waals surface area contributed by atoms with Crippen LogP contribution >= 0.6 is 0 Å². The fourth-order valence-corrected chi connectivity index (χ4v) is 3.31. The molecule has 132 valence electrons. The van der Waals surface area contributed by atoms with E-state index in [4.69, 9.17) is 4.74 Å². The maximum atomic E-state index is 12.8. The van der Waals surface area contributed by atoms with Crippen LogP contribution in [0.3, 0.4) is 0 Å². The zero-order valence-electron chi connectivity index (χ0n) is 15.1. The number of hydrogen-bond acceptors (Lipinski definition) is 3. The quantitative estimate of drug-likeness (QED) is 0.857. The van der Waals surface area contributed by atoms with E-state index in [1.54, 1.807) is 7.11 Å². The van der Waals surface area contributed by atoms with Crippen LogP contribution < -0.4 is 4.74 Å². The number of amides is 1. The summed E-state index contributed by atoms with van der Waals surface area (Å²) < 4.78 is 5.35. The molecular formula is C21H26N2O2. The lowest BCUT2D eigenvalue weighted by atomic mass is 10.1. The molecule has 0 atom stereocenters. The van der Waals surface area contributed by atoms with E-state index >= 15 is 0 Å². The van der Waals surface area contributed by atoms with Crippen LogP contribution in [0.25, 0.3) is 0 Å². The minimum absolute atomic E-state index is 0.0971. The van der Waals surface area contributed by atoms with E-state index in [1.165, 1.54) is 5.56 Å². The second-order valence-electron chi connectivity index (χ2n) is 6.59. The summed E-state index contributed by atoms with van der Waals surface area (Å²) in [5, 5.41) is 0. The van der Waals surface area contributed by atoms with Crippen molar-refractivity contribution in [3.63, 3.8) is 0 Å². The Hall–Kier alpha value is -2.33. The number of aryl methyl sites for hydroxylation is 1. The van der Waals surface area contributed by atoms with Gasteiger partial charge in [-0.25, -0.2) is 0 Å². The lowest BCUT2D eigenvalue weighted by Crippen LogP contribution is -2.35. The second-order valence-corrected chi connectivity index (χ2v) is 6.59. The molecular weight excluding hydrogens is 312 g/mol. The largest absolute Gasteiger partial charge is 0.496 e. The van der Waals surface area contributed by atoms with Gasteiger partial charge in [0.25, 0.3) is 5.91 Å². The molecule has 1 fully saturated rings. The average Bonchev–Trinajstić information content (AvgIpc) is 2.88. The molecule has 2 aromatic rings. The van der Waals surface area contributed by atoms with Crippen LogP contribution in [0, 0.1) is 6.92 Å². The van der Waals surface area contributed by atoms with E-state index in [9.17, 15) is 4.79 Å². The molecule has 25 heavy (non-hydrogen) atoms. The average molecular weight is 338 g/mol. The van der Waals surface area contributed by atoms with Crippen molar-refractivity contribution in [2.75, 3.05) is 33.3 Å². The molecule has 4 heteroatoms. The summed E-state index contributed by atoms with van der Waals surface area (Å²) in [6, 6.07) is 16.2. The Morgan fingerprint density at radius 1 is 1.04 bits per heavy atom. The van der Waals surface area contributed by atoms with Crippen LogP contribution in [0.1, 0.15) is 27.9 Å². The van der Waals surface area contributed by atoms with Crippen molar-refractivity contribution < 1.29 is 9.53 Å². The Balaban J connectivity index is 1.63. The molecule has 1 heterocycles. The summed E-state index contributed by atoms with van der Waals surface area (Å²) in [4.78, 5) is 17.2. The number of nitrogens with zero attached hydrogens (tertiary/aromatic N) is 2. The van der Waals surface area contributed by atoms with E-state index in [0.717, 1.165) is 50.5 Å². The van der Waals surface area contributed by atoms with Crippen molar-refractivity contribution in [1.82, 2.24) is 9.80 Å². The lowest BCUT2D eigenvalue weighted by Gasteiger charge is -2.22. The van der Waals surface area contributed by atoms with Gasteiger partial charge in [-0.3, -0.25) is 9.69 Å². The highest BCUT2D eigenvalue weighted by Gasteiger charge is 2.21. The summed E-state index contributed by atoms with van der Waals surface area (Å²) >= 11 is 0. The smallest absolute Gasteiger partial charge is 0.254 e. The first-order valence-corrected chi connectivity index (χ1v) is 8.87. The first-order chi connectivity index (χ1) is 12.2. The van der Waals surface area contributed by atoms with E-state index in [1.807, 2.05) is 36.1 Å². The molecule has 0 spiro atoms. The van der Waals surface area contributed by atoms with Crippen molar-refractivity contribution in [3.05, 3.63) is 65.2 Å². The molecule has 0 saturated carbocycles. The van der Waals surface area contributed by atoms with Gasteiger partial charge in [-0.15, -0.1) is 0 Å². The summed E-state index contributed by atoms with van der Waals surface area (Å²) in [6.07, 6.45) is 1.00. The monoisotopic (exact) mass is 338 g/mol. The lowest BCUT2D eigenvalue weighted by molar-refractivity contribution is 0.0760. The Morgan fingerprint density at radius 2 is 1.84 bits per heavy atom. The Bertz CT molecular complexity index is 715. The fraction of sp³-hybridized carbons (Fsp3) is 0.381. The van der Waals surface area contributed by atoms with Crippen LogP contribution in [0.5, 0.6) is 5.75 Å². The van der Waals surface area contributed by atoms with Crippen molar-refractivity contribution in [3.8, 4) is 5.75 Å². The van der Waals surface area contributed by atoms with Gasteiger partial charge in [0.1, 0.15) is 5.75 Å². The van der Waals surface area contributed by atoms with Gasteiger partial charge in [-0.2, -0.15) is 0 Å². The zero-order valence-corrected chi connectivity index (χ0v) is 15.1. The summed E-state index contributed by atoms with van der Waals surface area (Å²) in [6.45, 7) is 6.43. The summed E-state index contributed by atoms with van der Waals surface area (Å²) in [5.74, 6) is 0.867. The predicted octanol–water partition coefficient (Wildman–Crippen LogP) is 3.35. The third-order valence-electron chi connectivity index (χ3n) is 4.78. The maximum Gasteiger partial charge on any atom is 0.254 e. The normalized spacial score (nSPS) is 15.7. The standard InChI is InChI=1S/C21H26N2O2/c1-17-9-10-19(15-20(17)25-2)21(24)23-12-6-11-22(13-14-23)16-18-7-4-3-5-8-18/h3-5,7-10,15H,6,11-14,16H2,1-2H3. The zero-order chi connectivity index (χ0) is 17.6. The predicted molar refractivity (Wildman–Crippen MR) is 100.0 cm³/mol. The van der Waals surface area contributed by atoms with Crippen molar-refractivity contribution in [2.24, 2.45) is 0 Å². The molecule has 0 N–H and O–H groups in total.